The van der Waals surface area contributed by atoms with Crippen LogP contribution in [0.5, 0.6) is 0 Å². The Hall–Kier alpha value is -2.64. The van der Waals surface area contributed by atoms with Crippen LogP contribution in [0.4, 0.5) is 0 Å². The van der Waals surface area contributed by atoms with Crippen molar-refractivity contribution in [2.24, 2.45) is 0 Å². The Bertz CT molecular complexity index is 1130. The standard InChI is InChI=1S/C21H19ClN2O4S/c22-17-9-5-4-8-16(17)20-10-11-24(12-13-29(20,26)27)21(25)18-14-19(28-23-18)15-6-2-1-3-7-15/h1-9,14,20H,10-13H2/t20-/m1/s1. The first-order valence-electron chi connectivity index (χ1n) is 9.23. The van der Waals surface area contributed by atoms with Crippen molar-refractivity contribution in [2.45, 2.75) is 11.7 Å². The van der Waals surface area contributed by atoms with Gasteiger partial charge in [0, 0.05) is 29.7 Å². The minimum Gasteiger partial charge on any atom is -0.355 e. The van der Waals surface area contributed by atoms with Crippen LogP contribution in [0.1, 0.15) is 27.7 Å². The van der Waals surface area contributed by atoms with Crippen LogP contribution >= 0.6 is 11.6 Å². The Morgan fingerprint density at radius 2 is 1.79 bits per heavy atom. The van der Waals surface area contributed by atoms with E-state index in [0.29, 0.717) is 22.9 Å². The molecule has 1 saturated heterocycles. The summed E-state index contributed by atoms with van der Waals surface area (Å²) in [4.78, 5) is 14.4. The summed E-state index contributed by atoms with van der Waals surface area (Å²) in [5.41, 5.74) is 1.56. The molecule has 2 heterocycles. The third kappa shape index (κ3) is 4.06. The smallest absolute Gasteiger partial charge is 0.276 e. The van der Waals surface area contributed by atoms with E-state index in [0.717, 1.165) is 5.56 Å². The molecule has 0 bridgehead atoms. The fraction of sp³-hybridized carbons (Fsp3) is 0.238. The number of halogens is 1. The topological polar surface area (TPSA) is 80.5 Å². The maximum Gasteiger partial charge on any atom is 0.276 e. The average molecular weight is 431 g/mol. The lowest BCUT2D eigenvalue weighted by Crippen LogP contribution is -2.33. The molecule has 0 N–H and O–H groups in total. The number of rotatable bonds is 3. The summed E-state index contributed by atoms with van der Waals surface area (Å²) in [6, 6.07) is 17.9. The number of aromatic nitrogens is 1. The SMILES string of the molecule is O=C(c1cc(-c2ccccc2)on1)N1CC[C@H](c2ccccc2Cl)S(=O)(=O)CC1. The average Bonchev–Trinajstić information content (AvgIpc) is 3.16. The Morgan fingerprint density at radius 1 is 1.07 bits per heavy atom. The fourth-order valence-corrected chi connectivity index (χ4v) is 5.66. The molecule has 0 unspecified atom stereocenters. The minimum atomic E-state index is -3.44. The second kappa shape index (κ2) is 8.00. The third-order valence-electron chi connectivity index (χ3n) is 5.07. The molecule has 1 aromatic heterocycles. The molecule has 1 aliphatic heterocycles. The van der Waals surface area contributed by atoms with Gasteiger partial charge in [0.15, 0.2) is 21.3 Å². The molecule has 1 aliphatic rings. The molecule has 8 heteroatoms. The Balaban J connectivity index is 1.55. The Morgan fingerprint density at radius 3 is 2.55 bits per heavy atom. The quantitative estimate of drug-likeness (QED) is 0.627. The molecule has 1 amide bonds. The molecule has 1 fully saturated rings. The first-order chi connectivity index (χ1) is 14.0. The molecule has 3 aromatic rings. The molecular weight excluding hydrogens is 412 g/mol. The molecule has 0 spiro atoms. The number of nitrogens with zero attached hydrogens (tertiary/aromatic N) is 2. The van der Waals surface area contributed by atoms with Gasteiger partial charge in [0.1, 0.15) is 0 Å². The van der Waals surface area contributed by atoms with E-state index in [1.165, 1.54) is 4.90 Å². The van der Waals surface area contributed by atoms with Crippen molar-refractivity contribution in [3.63, 3.8) is 0 Å². The van der Waals surface area contributed by atoms with Gasteiger partial charge in [0.2, 0.25) is 0 Å². The highest BCUT2D eigenvalue weighted by Gasteiger charge is 2.34. The van der Waals surface area contributed by atoms with Gasteiger partial charge >= 0.3 is 0 Å². The fourth-order valence-electron chi connectivity index (χ4n) is 3.51. The minimum absolute atomic E-state index is 0.107. The molecule has 0 radical (unpaired) electrons. The van der Waals surface area contributed by atoms with Gasteiger partial charge in [-0.3, -0.25) is 4.79 Å². The molecule has 4 rings (SSSR count). The van der Waals surface area contributed by atoms with Crippen LogP contribution < -0.4 is 0 Å². The van der Waals surface area contributed by atoms with E-state index >= 15 is 0 Å². The molecule has 0 saturated carbocycles. The van der Waals surface area contributed by atoms with Crippen molar-refractivity contribution < 1.29 is 17.7 Å². The van der Waals surface area contributed by atoms with Crippen LogP contribution in [0.2, 0.25) is 5.02 Å². The lowest BCUT2D eigenvalue weighted by Gasteiger charge is -2.18. The predicted molar refractivity (Wildman–Crippen MR) is 110 cm³/mol. The highest BCUT2D eigenvalue weighted by molar-refractivity contribution is 7.91. The highest BCUT2D eigenvalue weighted by Crippen LogP contribution is 2.34. The number of sulfone groups is 1. The maximum absolute atomic E-state index is 12.9. The van der Waals surface area contributed by atoms with Gasteiger partial charge in [0.25, 0.3) is 5.91 Å². The van der Waals surface area contributed by atoms with Crippen molar-refractivity contribution in [3.05, 3.63) is 76.9 Å². The largest absolute Gasteiger partial charge is 0.355 e. The number of hydrogen-bond acceptors (Lipinski definition) is 5. The summed E-state index contributed by atoms with van der Waals surface area (Å²) in [6.45, 7) is 0.400. The number of carbonyl (C=O) groups is 1. The summed E-state index contributed by atoms with van der Waals surface area (Å²) < 4.78 is 30.9. The van der Waals surface area contributed by atoms with Gasteiger partial charge in [-0.2, -0.15) is 0 Å². The Kier molecular flexibility index (Phi) is 5.43. The van der Waals surface area contributed by atoms with Crippen LogP contribution in [0, 0.1) is 0 Å². The number of hydrogen-bond donors (Lipinski definition) is 0. The third-order valence-corrected chi connectivity index (χ3v) is 7.52. The Labute approximate surface area is 174 Å². The van der Waals surface area contributed by atoms with Crippen molar-refractivity contribution >= 4 is 27.3 Å². The van der Waals surface area contributed by atoms with Gasteiger partial charge in [-0.15, -0.1) is 0 Å². The van der Waals surface area contributed by atoms with Gasteiger partial charge in [-0.25, -0.2) is 8.42 Å². The number of amides is 1. The van der Waals surface area contributed by atoms with Gasteiger partial charge in [0.05, 0.1) is 11.0 Å². The molecular formula is C21H19ClN2O4S. The lowest BCUT2D eigenvalue weighted by molar-refractivity contribution is 0.0756. The number of carbonyl (C=O) groups excluding carboxylic acids is 1. The molecule has 1 atom stereocenters. The highest BCUT2D eigenvalue weighted by atomic mass is 35.5. The van der Waals surface area contributed by atoms with Crippen LogP contribution in [-0.4, -0.2) is 43.2 Å². The zero-order valence-corrected chi connectivity index (χ0v) is 17.1. The van der Waals surface area contributed by atoms with Crippen LogP contribution in [0.3, 0.4) is 0 Å². The summed E-state index contributed by atoms with van der Waals surface area (Å²) in [7, 11) is -3.44. The van der Waals surface area contributed by atoms with Gasteiger partial charge in [-0.1, -0.05) is 65.3 Å². The van der Waals surface area contributed by atoms with E-state index in [9.17, 15) is 13.2 Å². The molecule has 0 aliphatic carbocycles. The van der Waals surface area contributed by atoms with Crippen molar-refractivity contribution in [3.8, 4) is 11.3 Å². The summed E-state index contributed by atoms with van der Waals surface area (Å²) in [6.07, 6.45) is 0.279. The van der Waals surface area contributed by atoms with Crippen LogP contribution in [0.15, 0.2) is 65.2 Å². The van der Waals surface area contributed by atoms with Gasteiger partial charge < -0.3 is 9.42 Å². The summed E-state index contributed by atoms with van der Waals surface area (Å²) >= 11 is 6.23. The zero-order valence-electron chi connectivity index (χ0n) is 15.5. The summed E-state index contributed by atoms with van der Waals surface area (Å²) in [5.74, 6) is 0.0224. The van der Waals surface area contributed by atoms with E-state index in [1.54, 1.807) is 30.3 Å². The maximum atomic E-state index is 12.9. The first kappa shape index (κ1) is 19.7. The van der Waals surface area contributed by atoms with E-state index in [1.807, 2.05) is 30.3 Å². The molecule has 2 aromatic carbocycles. The second-order valence-electron chi connectivity index (χ2n) is 6.90. The van der Waals surface area contributed by atoms with Crippen molar-refractivity contribution in [2.75, 3.05) is 18.8 Å². The first-order valence-corrected chi connectivity index (χ1v) is 11.3. The summed E-state index contributed by atoms with van der Waals surface area (Å²) in [5, 5.41) is 3.58. The van der Waals surface area contributed by atoms with E-state index in [2.05, 4.69) is 5.16 Å². The normalized spacial score (nSPS) is 18.9. The zero-order chi connectivity index (χ0) is 20.4. The monoisotopic (exact) mass is 430 g/mol. The van der Waals surface area contributed by atoms with Crippen molar-refractivity contribution in [1.82, 2.24) is 10.1 Å². The molecule has 6 nitrogen and oxygen atoms in total. The van der Waals surface area contributed by atoms with E-state index in [-0.39, 0.29) is 30.3 Å². The van der Waals surface area contributed by atoms with Crippen molar-refractivity contribution in [1.29, 1.82) is 0 Å². The van der Waals surface area contributed by atoms with Crippen LogP contribution in [0.25, 0.3) is 11.3 Å². The molecule has 150 valence electrons. The van der Waals surface area contributed by atoms with Gasteiger partial charge in [-0.05, 0) is 18.1 Å². The van der Waals surface area contributed by atoms with E-state index < -0.39 is 15.1 Å². The van der Waals surface area contributed by atoms with Crippen LogP contribution in [-0.2, 0) is 9.84 Å². The molecule has 29 heavy (non-hydrogen) atoms. The van der Waals surface area contributed by atoms with E-state index in [4.69, 9.17) is 16.1 Å². The lowest BCUT2D eigenvalue weighted by atomic mass is 10.1. The predicted octanol–water partition coefficient (Wildman–Crippen LogP) is 4.00. The number of benzene rings is 2. The second-order valence-corrected chi connectivity index (χ2v) is 9.61.